The first-order valence-corrected chi connectivity index (χ1v) is 6.13. The minimum atomic E-state index is 0.529. The van der Waals surface area contributed by atoms with E-state index in [0.717, 1.165) is 25.6 Å². The molecule has 0 spiro atoms. The monoisotopic (exact) mass is 230 g/mol. The van der Waals surface area contributed by atoms with Gasteiger partial charge < -0.3 is 15.6 Å². The Balaban J connectivity index is 2.06. The minimum Gasteiger partial charge on any atom is -0.362 e. The van der Waals surface area contributed by atoms with Gasteiger partial charge in [-0.2, -0.15) is 0 Å². The van der Waals surface area contributed by atoms with Crippen molar-refractivity contribution in [1.29, 1.82) is 0 Å². The molecule has 88 valence electrons. The van der Waals surface area contributed by atoms with Gasteiger partial charge in [-0.1, -0.05) is 6.42 Å². The number of hydrazine groups is 1. The Hall–Kier alpha value is -0.390. The highest BCUT2D eigenvalue weighted by Gasteiger charge is 2.16. The van der Waals surface area contributed by atoms with E-state index in [9.17, 15) is 0 Å². The molecule has 0 radical (unpaired) electrons. The maximum absolute atomic E-state index is 5.16. The highest BCUT2D eigenvalue weighted by Crippen LogP contribution is 2.15. The van der Waals surface area contributed by atoms with E-state index < -0.39 is 0 Å². The van der Waals surface area contributed by atoms with Gasteiger partial charge in [0.05, 0.1) is 0 Å². The number of nitrogens with one attached hydrogen (secondary N) is 2. The normalized spacial score (nSPS) is 22.4. The summed E-state index contributed by atoms with van der Waals surface area (Å²) in [6, 6.07) is 0.748. The molecule has 1 aliphatic rings. The number of hydrogen-bond donors (Lipinski definition) is 3. The predicted molar refractivity (Wildman–Crippen MR) is 67.4 cm³/mol. The Labute approximate surface area is 97.5 Å². The molecular formula is C10H22N4S. The first-order valence-electron chi connectivity index (χ1n) is 5.72. The fourth-order valence-corrected chi connectivity index (χ4v) is 2.13. The molecule has 5 heteroatoms. The molecule has 1 saturated heterocycles. The highest BCUT2D eigenvalue weighted by atomic mass is 32.1. The van der Waals surface area contributed by atoms with Crippen LogP contribution in [0.5, 0.6) is 0 Å². The van der Waals surface area contributed by atoms with Crippen LogP contribution >= 0.6 is 12.2 Å². The molecule has 1 rings (SSSR count). The van der Waals surface area contributed by atoms with Crippen molar-refractivity contribution in [2.75, 3.05) is 19.6 Å². The summed E-state index contributed by atoms with van der Waals surface area (Å²) >= 11 is 4.89. The standard InChI is InChI=1S/C10H22N4S/c1-9-5-2-3-7-14(9)8-4-6-12-10(15)13-11/h9H,2-8,11H2,1H3,(H2,12,13,15). The van der Waals surface area contributed by atoms with Gasteiger partial charge >= 0.3 is 0 Å². The van der Waals surface area contributed by atoms with Gasteiger partial charge in [0.25, 0.3) is 0 Å². The minimum absolute atomic E-state index is 0.529. The number of nitrogens with two attached hydrogens (primary N) is 1. The molecule has 0 saturated carbocycles. The summed E-state index contributed by atoms with van der Waals surface area (Å²) in [5, 5.41) is 3.58. The molecule has 4 nitrogen and oxygen atoms in total. The Morgan fingerprint density at radius 3 is 3.00 bits per heavy atom. The van der Waals surface area contributed by atoms with Crippen LogP contribution in [0.3, 0.4) is 0 Å². The average molecular weight is 230 g/mol. The number of rotatable bonds is 4. The van der Waals surface area contributed by atoms with E-state index in [1.807, 2.05) is 0 Å². The van der Waals surface area contributed by atoms with E-state index in [4.69, 9.17) is 18.1 Å². The van der Waals surface area contributed by atoms with Crippen molar-refractivity contribution < 1.29 is 0 Å². The Morgan fingerprint density at radius 1 is 1.53 bits per heavy atom. The molecule has 0 aromatic rings. The van der Waals surface area contributed by atoms with Crippen molar-refractivity contribution in [3.05, 3.63) is 0 Å². The molecule has 1 fully saturated rings. The third-order valence-electron chi connectivity index (χ3n) is 2.98. The van der Waals surface area contributed by atoms with E-state index in [2.05, 4.69) is 22.6 Å². The molecule has 1 unspecified atom stereocenters. The maximum atomic E-state index is 5.16. The van der Waals surface area contributed by atoms with Crippen LogP contribution in [-0.4, -0.2) is 35.7 Å². The molecule has 1 aliphatic heterocycles. The van der Waals surface area contributed by atoms with Crippen LogP contribution in [0.1, 0.15) is 32.6 Å². The molecule has 0 aromatic carbocycles. The first kappa shape index (κ1) is 12.7. The first-order chi connectivity index (χ1) is 7.24. The summed E-state index contributed by atoms with van der Waals surface area (Å²) in [5.74, 6) is 5.16. The topological polar surface area (TPSA) is 53.3 Å². The third-order valence-corrected chi connectivity index (χ3v) is 3.24. The van der Waals surface area contributed by atoms with Crippen LogP contribution in [0, 0.1) is 0 Å². The molecule has 4 N–H and O–H groups in total. The van der Waals surface area contributed by atoms with Crippen LogP contribution in [0.15, 0.2) is 0 Å². The number of likely N-dealkylation sites (tertiary alicyclic amines) is 1. The Kier molecular flexibility index (Phi) is 5.90. The largest absolute Gasteiger partial charge is 0.362 e. The van der Waals surface area contributed by atoms with E-state index in [1.165, 1.54) is 25.8 Å². The summed E-state index contributed by atoms with van der Waals surface area (Å²) in [5.41, 5.74) is 2.42. The summed E-state index contributed by atoms with van der Waals surface area (Å²) in [6.07, 6.45) is 5.19. The highest BCUT2D eigenvalue weighted by molar-refractivity contribution is 7.80. The molecular weight excluding hydrogens is 208 g/mol. The van der Waals surface area contributed by atoms with Crippen LogP contribution in [0.4, 0.5) is 0 Å². The van der Waals surface area contributed by atoms with Gasteiger partial charge in [-0.15, -0.1) is 0 Å². The lowest BCUT2D eigenvalue weighted by atomic mass is 10.0. The number of piperidine rings is 1. The van der Waals surface area contributed by atoms with Gasteiger partial charge in [0.1, 0.15) is 0 Å². The van der Waals surface area contributed by atoms with Gasteiger partial charge in [0.15, 0.2) is 5.11 Å². The zero-order valence-corrected chi connectivity index (χ0v) is 10.3. The second-order valence-electron chi connectivity index (χ2n) is 4.13. The zero-order chi connectivity index (χ0) is 11.1. The van der Waals surface area contributed by atoms with E-state index in [0.29, 0.717) is 5.11 Å². The van der Waals surface area contributed by atoms with Gasteiger partial charge in [-0.05, 0) is 44.9 Å². The van der Waals surface area contributed by atoms with Crippen molar-refractivity contribution in [3.63, 3.8) is 0 Å². The summed E-state index contributed by atoms with van der Waals surface area (Å²) in [4.78, 5) is 2.56. The number of nitrogens with zero attached hydrogens (tertiary/aromatic N) is 1. The van der Waals surface area contributed by atoms with Crippen molar-refractivity contribution in [1.82, 2.24) is 15.6 Å². The van der Waals surface area contributed by atoms with E-state index in [1.54, 1.807) is 0 Å². The zero-order valence-electron chi connectivity index (χ0n) is 9.46. The molecule has 15 heavy (non-hydrogen) atoms. The van der Waals surface area contributed by atoms with Gasteiger partial charge in [-0.25, -0.2) is 5.84 Å². The van der Waals surface area contributed by atoms with Gasteiger partial charge in [0, 0.05) is 19.1 Å². The molecule has 0 aliphatic carbocycles. The molecule has 0 aromatic heterocycles. The number of thiocarbonyl (C=S) groups is 1. The summed E-state index contributed by atoms with van der Waals surface area (Å²) in [6.45, 7) is 5.62. The second kappa shape index (κ2) is 6.98. The Morgan fingerprint density at radius 2 is 2.33 bits per heavy atom. The third kappa shape index (κ3) is 4.77. The summed E-state index contributed by atoms with van der Waals surface area (Å²) < 4.78 is 0. The lowest BCUT2D eigenvalue weighted by Gasteiger charge is -2.33. The van der Waals surface area contributed by atoms with Gasteiger partial charge in [0.2, 0.25) is 0 Å². The fraction of sp³-hybridized carbons (Fsp3) is 0.900. The van der Waals surface area contributed by atoms with E-state index >= 15 is 0 Å². The second-order valence-corrected chi connectivity index (χ2v) is 4.54. The van der Waals surface area contributed by atoms with Gasteiger partial charge in [-0.3, -0.25) is 0 Å². The van der Waals surface area contributed by atoms with Crippen LogP contribution in [0.2, 0.25) is 0 Å². The van der Waals surface area contributed by atoms with E-state index in [-0.39, 0.29) is 0 Å². The molecule has 0 bridgehead atoms. The quantitative estimate of drug-likeness (QED) is 0.286. The molecule has 1 heterocycles. The van der Waals surface area contributed by atoms with Crippen molar-refractivity contribution in [2.24, 2.45) is 5.84 Å². The fourth-order valence-electron chi connectivity index (χ4n) is 2.02. The van der Waals surface area contributed by atoms with Crippen molar-refractivity contribution in [3.8, 4) is 0 Å². The summed E-state index contributed by atoms with van der Waals surface area (Å²) in [7, 11) is 0. The molecule has 1 atom stereocenters. The lowest BCUT2D eigenvalue weighted by Crippen LogP contribution is -2.42. The van der Waals surface area contributed by atoms with Crippen LogP contribution in [0.25, 0.3) is 0 Å². The predicted octanol–water partition coefficient (Wildman–Crippen LogP) is 0.589. The van der Waals surface area contributed by atoms with Crippen LogP contribution in [-0.2, 0) is 0 Å². The average Bonchev–Trinajstić information content (AvgIpc) is 2.26. The van der Waals surface area contributed by atoms with Crippen molar-refractivity contribution >= 4 is 17.3 Å². The number of hydrogen-bond acceptors (Lipinski definition) is 3. The lowest BCUT2D eigenvalue weighted by molar-refractivity contribution is 0.159. The van der Waals surface area contributed by atoms with Crippen LogP contribution < -0.4 is 16.6 Å². The smallest absolute Gasteiger partial charge is 0.180 e. The maximum Gasteiger partial charge on any atom is 0.180 e. The van der Waals surface area contributed by atoms with Crippen molar-refractivity contribution in [2.45, 2.75) is 38.6 Å². The SMILES string of the molecule is CC1CCCCN1CCCNC(=S)NN. The molecule has 0 amide bonds. The Bertz CT molecular complexity index is 198.